The van der Waals surface area contributed by atoms with Crippen LogP contribution in [-0.2, 0) is 9.59 Å². The van der Waals surface area contributed by atoms with Gasteiger partial charge in [-0.3, -0.25) is 14.5 Å². The van der Waals surface area contributed by atoms with Gasteiger partial charge in [-0.2, -0.15) is 0 Å². The first-order chi connectivity index (χ1) is 10.1. The van der Waals surface area contributed by atoms with Gasteiger partial charge in [-0.15, -0.1) is 0 Å². The first kappa shape index (κ1) is 15.5. The molecule has 114 valence electrons. The zero-order valence-corrected chi connectivity index (χ0v) is 11.9. The number of hydrogen-bond donors (Lipinski definition) is 2. The van der Waals surface area contributed by atoms with Crippen molar-refractivity contribution in [1.82, 2.24) is 9.80 Å². The summed E-state index contributed by atoms with van der Waals surface area (Å²) in [6, 6.07) is 8.70. The molecule has 1 aliphatic heterocycles. The minimum absolute atomic E-state index is 0.0703. The molecule has 1 aliphatic rings. The predicted octanol–water partition coefficient (Wildman–Crippen LogP) is 0.305. The number of nitrogens with two attached hydrogens (primary N) is 1. The predicted molar refractivity (Wildman–Crippen MR) is 78.6 cm³/mol. The van der Waals surface area contributed by atoms with E-state index >= 15 is 0 Å². The van der Waals surface area contributed by atoms with Crippen LogP contribution in [0.3, 0.4) is 0 Å². The van der Waals surface area contributed by atoms with Crippen LogP contribution in [0.25, 0.3) is 0 Å². The summed E-state index contributed by atoms with van der Waals surface area (Å²) >= 11 is 0. The molecular weight excluding hydrogens is 270 g/mol. The SMILES string of the molecule is N[C@@H](C(=O)N1CCN(CCC(=O)O)CC1)c1ccccc1. The lowest BCUT2D eigenvalue weighted by Gasteiger charge is -2.35. The van der Waals surface area contributed by atoms with Crippen LogP contribution in [-0.4, -0.2) is 59.5 Å². The average molecular weight is 291 g/mol. The number of piperazine rings is 1. The van der Waals surface area contributed by atoms with E-state index in [0.29, 0.717) is 32.7 Å². The molecule has 0 unspecified atom stereocenters. The number of hydrogen-bond acceptors (Lipinski definition) is 4. The second-order valence-electron chi connectivity index (χ2n) is 5.20. The Balaban J connectivity index is 1.84. The highest BCUT2D eigenvalue weighted by Crippen LogP contribution is 2.14. The Bertz CT molecular complexity index is 484. The maximum Gasteiger partial charge on any atom is 0.304 e. The molecular formula is C15H21N3O3. The van der Waals surface area contributed by atoms with E-state index in [4.69, 9.17) is 10.8 Å². The fourth-order valence-electron chi connectivity index (χ4n) is 2.45. The van der Waals surface area contributed by atoms with Crippen LogP contribution in [0.5, 0.6) is 0 Å². The molecule has 0 aliphatic carbocycles. The normalized spacial score (nSPS) is 17.5. The van der Waals surface area contributed by atoms with Crippen molar-refractivity contribution in [1.29, 1.82) is 0 Å². The van der Waals surface area contributed by atoms with Gasteiger partial charge in [0.15, 0.2) is 0 Å². The number of amides is 1. The minimum atomic E-state index is -0.792. The fraction of sp³-hybridized carbons (Fsp3) is 0.467. The molecule has 0 aromatic heterocycles. The van der Waals surface area contributed by atoms with Crippen molar-refractivity contribution in [3.8, 4) is 0 Å². The van der Waals surface area contributed by atoms with Gasteiger partial charge in [-0.25, -0.2) is 0 Å². The molecule has 6 heteroatoms. The largest absolute Gasteiger partial charge is 0.481 e. The zero-order valence-electron chi connectivity index (χ0n) is 11.9. The van der Waals surface area contributed by atoms with Crippen LogP contribution in [0.15, 0.2) is 30.3 Å². The van der Waals surface area contributed by atoms with Crippen LogP contribution in [0.1, 0.15) is 18.0 Å². The van der Waals surface area contributed by atoms with Gasteiger partial charge >= 0.3 is 5.97 Å². The monoisotopic (exact) mass is 291 g/mol. The third kappa shape index (κ3) is 4.27. The quantitative estimate of drug-likeness (QED) is 0.815. The summed E-state index contributed by atoms with van der Waals surface area (Å²) in [5.41, 5.74) is 6.84. The highest BCUT2D eigenvalue weighted by atomic mass is 16.4. The summed E-state index contributed by atoms with van der Waals surface area (Å²) in [6.07, 6.45) is 0.136. The molecule has 0 saturated carbocycles. The van der Waals surface area contributed by atoms with Gasteiger partial charge in [-0.05, 0) is 5.56 Å². The number of carboxylic acid groups (broad SMARTS) is 1. The Morgan fingerprint density at radius 3 is 2.33 bits per heavy atom. The third-order valence-corrected chi connectivity index (χ3v) is 3.75. The van der Waals surface area contributed by atoms with Gasteiger partial charge in [-0.1, -0.05) is 30.3 Å². The van der Waals surface area contributed by atoms with Crippen LogP contribution in [0.2, 0.25) is 0 Å². The van der Waals surface area contributed by atoms with E-state index in [2.05, 4.69) is 4.90 Å². The zero-order chi connectivity index (χ0) is 15.2. The Labute approximate surface area is 124 Å². The Morgan fingerprint density at radius 1 is 1.14 bits per heavy atom. The van der Waals surface area contributed by atoms with Crippen molar-refractivity contribution >= 4 is 11.9 Å². The molecule has 1 aromatic carbocycles. The third-order valence-electron chi connectivity index (χ3n) is 3.75. The van der Waals surface area contributed by atoms with E-state index in [1.54, 1.807) is 4.90 Å². The standard InChI is InChI=1S/C15H21N3O3/c16-14(12-4-2-1-3-5-12)15(21)18-10-8-17(9-11-18)7-6-13(19)20/h1-5,14H,6-11,16H2,(H,19,20)/t14-/m1/s1. The van der Waals surface area contributed by atoms with E-state index in [9.17, 15) is 9.59 Å². The minimum Gasteiger partial charge on any atom is -0.481 e. The molecule has 1 aromatic rings. The summed E-state index contributed by atoms with van der Waals surface area (Å²) in [4.78, 5) is 26.7. The summed E-state index contributed by atoms with van der Waals surface area (Å²) in [6.45, 7) is 3.11. The molecule has 3 N–H and O–H groups in total. The van der Waals surface area contributed by atoms with Crippen LogP contribution >= 0.6 is 0 Å². The van der Waals surface area contributed by atoms with Gasteiger partial charge in [0, 0.05) is 32.7 Å². The molecule has 1 atom stereocenters. The number of carbonyl (C=O) groups is 2. The van der Waals surface area contributed by atoms with Gasteiger partial charge < -0.3 is 15.7 Å². The number of carboxylic acids is 1. The molecule has 0 spiro atoms. The maximum atomic E-state index is 12.4. The molecule has 1 saturated heterocycles. The Hall–Kier alpha value is -1.92. The Kier molecular flexibility index (Phi) is 5.30. The summed E-state index contributed by atoms with van der Waals surface area (Å²) < 4.78 is 0. The van der Waals surface area contributed by atoms with E-state index in [1.807, 2.05) is 30.3 Å². The number of aliphatic carboxylic acids is 1. The Morgan fingerprint density at radius 2 is 1.76 bits per heavy atom. The number of carbonyl (C=O) groups excluding carboxylic acids is 1. The molecule has 1 heterocycles. The van der Waals surface area contributed by atoms with Crippen molar-refractivity contribution in [2.24, 2.45) is 5.73 Å². The van der Waals surface area contributed by atoms with Crippen LogP contribution < -0.4 is 5.73 Å². The van der Waals surface area contributed by atoms with Crippen molar-refractivity contribution < 1.29 is 14.7 Å². The first-order valence-electron chi connectivity index (χ1n) is 7.11. The number of benzene rings is 1. The maximum absolute atomic E-state index is 12.4. The molecule has 1 fully saturated rings. The molecule has 0 bridgehead atoms. The molecule has 2 rings (SSSR count). The summed E-state index contributed by atoms with van der Waals surface area (Å²) in [7, 11) is 0. The van der Waals surface area contributed by atoms with Gasteiger partial charge in [0.2, 0.25) is 5.91 Å². The fourth-order valence-corrected chi connectivity index (χ4v) is 2.45. The van der Waals surface area contributed by atoms with Crippen LogP contribution in [0.4, 0.5) is 0 Å². The second kappa shape index (κ2) is 7.19. The van der Waals surface area contributed by atoms with E-state index in [-0.39, 0.29) is 12.3 Å². The highest BCUT2D eigenvalue weighted by molar-refractivity contribution is 5.83. The van der Waals surface area contributed by atoms with Crippen molar-refractivity contribution in [2.45, 2.75) is 12.5 Å². The highest BCUT2D eigenvalue weighted by Gasteiger charge is 2.26. The van der Waals surface area contributed by atoms with Gasteiger partial charge in [0.25, 0.3) is 0 Å². The van der Waals surface area contributed by atoms with Crippen LogP contribution in [0, 0.1) is 0 Å². The summed E-state index contributed by atoms with van der Waals surface area (Å²) in [5, 5.41) is 8.68. The molecule has 6 nitrogen and oxygen atoms in total. The van der Waals surface area contributed by atoms with E-state index in [1.165, 1.54) is 0 Å². The van der Waals surface area contributed by atoms with E-state index in [0.717, 1.165) is 5.56 Å². The van der Waals surface area contributed by atoms with Crippen molar-refractivity contribution in [3.05, 3.63) is 35.9 Å². The average Bonchev–Trinajstić information content (AvgIpc) is 2.53. The molecule has 21 heavy (non-hydrogen) atoms. The second-order valence-corrected chi connectivity index (χ2v) is 5.20. The number of nitrogens with zero attached hydrogens (tertiary/aromatic N) is 2. The first-order valence-corrected chi connectivity index (χ1v) is 7.11. The lowest BCUT2D eigenvalue weighted by molar-refractivity contribution is -0.138. The lowest BCUT2D eigenvalue weighted by Crippen LogP contribution is -2.51. The van der Waals surface area contributed by atoms with Crippen molar-refractivity contribution in [2.75, 3.05) is 32.7 Å². The van der Waals surface area contributed by atoms with E-state index < -0.39 is 12.0 Å². The summed E-state index contributed by atoms with van der Waals surface area (Å²) in [5.74, 6) is -0.862. The number of rotatable bonds is 5. The van der Waals surface area contributed by atoms with Gasteiger partial charge in [0.1, 0.15) is 6.04 Å². The lowest BCUT2D eigenvalue weighted by atomic mass is 10.1. The molecule has 1 amide bonds. The topological polar surface area (TPSA) is 86.9 Å². The van der Waals surface area contributed by atoms with Gasteiger partial charge in [0.05, 0.1) is 6.42 Å². The smallest absolute Gasteiger partial charge is 0.304 e. The molecule has 0 radical (unpaired) electrons. The van der Waals surface area contributed by atoms with Crippen molar-refractivity contribution in [3.63, 3.8) is 0 Å².